The van der Waals surface area contributed by atoms with Gasteiger partial charge in [0.15, 0.2) is 0 Å². The van der Waals surface area contributed by atoms with Gasteiger partial charge >= 0.3 is 0 Å². The van der Waals surface area contributed by atoms with E-state index in [4.69, 9.17) is 0 Å². The van der Waals surface area contributed by atoms with Gasteiger partial charge in [0.05, 0.1) is 6.10 Å². The summed E-state index contributed by atoms with van der Waals surface area (Å²) in [5.74, 6) is 1.53. The van der Waals surface area contributed by atoms with E-state index in [1.165, 1.54) is 12.8 Å². The Morgan fingerprint density at radius 2 is 1.84 bits per heavy atom. The molecular formula is C16H32N2O. The first-order valence-electron chi connectivity index (χ1n) is 7.94. The number of piperazine rings is 1. The molecule has 3 nitrogen and oxygen atoms in total. The Balaban J connectivity index is 2.03. The Morgan fingerprint density at radius 1 is 1.16 bits per heavy atom. The van der Waals surface area contributed by atoms with Gasteiger partial charge in [-0.2, -0.15) is 0 Å². The smallest absolute Gasteiger partial charge is 0.0695 e. The first-order valence-corrected chi connectivity index (χ1v) is 7.94. The summed E-state index contributed by atoms with van der Waals surface area (Å²) in [6, 6.07) is 0.383. The van der Waals surface area contributed by atoms with Crippen LogP contribution >= 0.6 is 0 Å². The van der Waals surface area contributed by atoms with Crippen molar-refractivity contribution in [2.45, 2.75) is 64.6 Å². The van der Waals surface area contributed by atoms with Crippen molar-refractivity contribution < 1.29 is 5.11 Å². The minimum atomic E-state index is -0.116. The highest BCUT2D eigenvalue weighted by Crippen LogP contribution is 2.34. The first kappa shape index (κ1) is 15.3. The molecule has 2 fully saturated rings. The Kier molecular flexibility index (Phi) is 4.59. The summed E-state index contributed by atoms with van der Waals surface area (Å²) in [6.45, 7) is 12.6. The summed E-state index contributed by atoms with van der Waals surface area (Å²) >= 11 is 0. The predicted molar refractivity (Wildman–Crippen MR) is 80.3 cm³/mol. The highest BCUT2D eigenvalue weighted by atomic mass is 16.3. The molecule has 112 valence electrons. The molecule has 1 saturated carbocycles. The molecule has 0 aromatic heterocycles. The first-order chi connectivity index (χ1) is 8.81. The third kappa shape index (κ3) is 3.32. The van der Waals surface area contributed by atoms with E-state index in [-0.39, 0.29) is 11.6 Å². The topological polar surface area (TPSA) is 26.7 Å². The van der Waals surface area contributed by atoms with Crippen molar-refractivity contribution in [3.05, 3.63) is 0 Å². The molecule has 1 N–H and O–H groups in total. The van der Waals surface area contributed by atoms with E-state index < -0.39 is 0 Å². The van der Waals surface area contributed by atoms with Crippen LogP contribution in [0.2, 0.25) is 0 Å². The molecule has 0 aromatic rings. The van der Waals surface area contributed by atoms with E-state index in [9.17, 15) is 5.11 Å². The molecule has 0 radical (unpaired) electrons. The third-order valence-electron chi connectivity index (χ3n) is 5.58. The second-order valence-electron chi connectivity index (χ2n) is 7.66. The number of aliphatic hydroxyl groups excluding tert-OH is 1. The zero-order valence-electron chi connectivity index (χ0n) is 13.4. The minimum absolute atomic E-state index is 0.116. The molecule has 1 saturated heterocycles. The zero-order chi connectivity index (χ0) is 14.2. The van der Waals surface area contributed by atoms with Gasteiger partial charge in [0.25, 0.3) is 0 Å². The van der Waals surface area contributed by atoms with Crippen molar-refractivity contribution in [2.75, 3.05) is 26.7 Å². The molecule has 0 bridgehead atoms. The fraction of sp³-hybridized carbons (Fsp3) is 1.00. The number of rotatable bonds is 2. The summed E-state index contributed by atoms with van der Waals surface area (Å²) in [4.78, 5) is 5.00. The Morgan fingerprint density at radius 3 is 2.42 bits per heavy atom. The third-order valence-corrected chi connectivity index (χ3v) is 5.58. The van der Waals surface area contributed by atoms with E-state index in [1.807, 2.05) is 0 Å². The SMILES string of the molecule is CC(C)C1CCC(O)C(N2CCN(C)C(C)(C)C2)C1. The van der Waals surface area contributed by atoms with Crippen molar-refractivity contribution in [2.24, 2.45) is 11.8 Å². The average Bonchev–Trinajstić information content (AvgIpc) is 2.33. The second-order valence-corrected chi connectivity index (χ2v) is 7.66. The van der Waals surface area contributed by atoms with Crippen LogP contribution in [0, 0.1) is 11.8 Å². The standard InChI is InChI=1S/C16H32N2O/c1-12(2)13-6-7-15(19)14(10-13)18-9-8-17(5)16(3,4)11-18/h12-15,19H,6-11H2,1-5H3. The molecule has 0 spiro atoms. The lowest BCUT2D eigenvalue weighted by Gasteiger charge is -2.50. The monoisotopic (exact) mass is 268 g/mol. The lowest BCUT2D eigenvalue weighted by atomic mass is 9.77. The van der Waals surface area contributed by atoms with Crippen LogP contribution in [0.3, 0.4) is 0 Å². The van der Waals surface area contributed by atoms with E-state index in [2.05, 4.69) is 44.5 Å². The summed E-state index contributed by atoms with van der Waals surface area (Å²) in [5.41, 5.74) is 0.225. The second kappa shape index (κ2) is 5.71. The van der Waals surface area contributed by atoms with Crippen LogP contribution in [0.4, 0.5) is 0 Å². The maximum absolute atomic E-state index is 10.4. The lowest BCUT2D eigenvalue weighted by molar-refractivity contribution is -0.0514. The van der Waals surface area contributed by atoms with Gasteiger partial charge in [-0.1, -0.05) is 13.8 Å². The molecule has 3 atom stereocenters. The van der Waals surface area contributed by atoms with Gasteiger partial charge in [0.1, 0.15) is 0 Å². The highest BCUT2D eigenvalue weighted by Gasteiger charge is 2.39. The van der Waals surface area contributed by atoms with Crippen LogP contribution in [-0.4, -0.2) is 59.3 Å². The molecular weight excluding hydrogens is 236 g/mol. The van der Waals surface area contributed by atoms with Crippen molar-refractivity contribution in [1.29, 1.82) is 0 Å². The number of hydrogen-bond donors (Lipinski definition) is 1. The van der Waals surface area contributed by atoms with Gasteiger partial charge in [-0.05, 0) is 52.0 Å². The van der Waals surface area contributed by atoms with E-state index in [1.54, 1.807) is 0 Å². The zero-order valence-corrected chi connectivity index (χ0v) is 13.4. The minimum Gasteiger partial charge on any atom is -0.391 e. The predicted octanol–water partition coefficient (Wildman–Crippen LogP) is 2.20. The largest absolute Gasteiger partial charge is 0.391 e. The Hall–Kier alpha value is -0.120. The van der Waals surface area contributed by atoms with E-state index >= 15 is 0 Å². The van der Waals surface area contributed by atoms with Gasteiger partial charge in [0.2, 0.25) is 0 Å². The maximum Gasteiger partial charge on any atom is 0.0695 e. The molecule has 1 aliphatic heterocycles. The quantitative estimate of drug-likeness (QED) is 0.832. The summed E-state index contributed by atoms with van der Waals surface area (Å²) in [5, 5.41) is 10.4. The Labute approximate surface area is 119 Å². The van der Waals surface area contributed by atoms with Crippen LogP contribution < -0.4 is 0 Å². The van der Waals surface area contributed by atoms with Gasteiger partial charge in [-0.3, -0.25) is 9.80 Å². The maximum atomic E-state index is 10.4. The fourth-order valence-electron chi connectivity index (χ4n) is 3.72. The van der Waals surface area contributed by atoms with Crippen LogP contribution in [0.15, 0.2) is 0 Å². The van der Waals surface area contributed by atoms with Crippen molar-refractivity contribution in [1.82, 2.24) is 9.80 Å². The van der Waals surface area contributed by atoms with Crippen LogP contribution in [0.25, 0.3) is 0 Å². The van der Waals surface area contributed by atoms with Gasteiger partial charge < -0.3 is 5.11 Å². The number of nitrogens with zero attached hydrogens (tertiary/aromatic N) is 2. The van der Waals surface area contributed by atoms with E-state index in [0.717, 1.165) is 37.9 Å². The van der Waals surface area contributed by atoms with Gasteiger partial charge in [0, 0.05) is 31.2 Å². The lowest BCUT2D eigenvalue weighted by Crippen LogP contribution is -2.62. The highest BCUT2D eigenvalue weighted by molar-refractivity contribution is 4.95. The van der Waals surface area contributed by atoms with E-state index in [0.29, 0.717) is 6.04 Å². The van der Waals surface area contributed by atoms with Gasteiger partial charge in [-0.15, -0.1) is 0 Å². The molecule has 0 aromatic carbocycles. The van der Waals surface area contributed by atoms with Crippen molar-refractivity contribution >= 4 is 0 Å². The summed E-state index contributed by atoms with van der Waals surface area (Å²) < 4.78 is 0. The molecule has 19 heavy (non-hydrogen) atoms. The number of likely N-dealkylation sites (N-methyl/N-ethyl adjacent to an activating group) is 1. The molecule has 1 heterocycles. The van der Waals surface area contributed by atoms with Crippen LogP contribution in [0.1, 0.15) is 47.0 Å². The number of hydrogen-bond acceptors (Lipinski definition) is 3. The molecule has 1 aliphatic carbocycles. The Bertz CT molecular complexity index is 303. The van der Waals surface area contributed by atoms with Crippen LogP contribution in [-0.2, 0) is 0 Å². The van der Waals surface area contributed by atoms with Crippen LogP contribution in [0.5, 0.6) is 0 Å². The van der Waals surface area contributed by atoms with Crippen molar-refractivity contribution in [3.63, 3.8) is 0 Å². The van der Waals surface area contributed by atoms with Crippen molar-refractivity contribution in [3.8, 4) is 0 Å². The summed E-state index contributed by atoms with van der Waals surface area (Å²) in [6.07, 6.45) is 3.25. The normalized spacial score (nSPS) is 37.7. The number of aliphatic hydroxyl groups is 1. The summed E-state index contributed by atoms with van der Waals surface area (Å²) in [7, 11) is 2.21. The average molecular weight is 268 g/mol. The molecule has 2 rings (SSSR count). The molecule has 2 aliphatic rings. The molecule has 3 unspecified atom stereocenters. The molecule has 3 heteroatoms. The molecule has 0 amide bonds. The van der Waals surface area contributed by atoms with Gasteiger partial charge in [-0.25, -0.2) is 0 Å². The fourth-order valence-corrected chi connectivity index (χ4v) is 3.72.